The quantitative estimate of drug-likeness (QED) is 0.488. The van der Waals surface area contributed by atoms with Crippen molar-refractivity contribution in [3.05, 3.63) is 45.2 Å². The first-order valence-corrected chi connectivity index (χ1v) is 8.47. The Bertz CT molecular complexity index is 1010. The van der Waals surface area contributed by atoms with E-state index in [0.717, 1.165) is 0 Å². The molecule has 1 amide bonds. The molecule has 0 aliphatic rings. The lowest BCUT2D eigenvalue weighted by molar-refractivity contribution is 0.0948. The van der Waals surface area contributed by atoms with Crippen molar-refractivity contribution in [2.45, 2.75) is 19.8 Å². The lowest BCUT2D eigenvalue weighted by Gasteiger charge is -2.08. The Kier molecular flexibility index (Phi) is 5.38. The highest BCUT2D eigenvalue weighted by Crippen LogP contribution is 2.24. The number of carbonyl (C=O) groups excluding carboxylic acids is 1. The fourth-order valence-electron chi connectivity index (χ4n) is 2.30. The van der Waals surface area contributed by atoms with Gasteiger partial charge in [-0.3, -0.25) is 4.79 Å². The van der Waals surface area contributed by atoms with Crippen LogP contribution >= 0.6 is 23.2 Å². The number of benzene rings is 1. The lowest BCUT2D eigenvalue weighted by atomic mass is 10.1. The predicted octanol–water partition coefficient (Wildman–Crippen LogP) is 2.43. The zero-order valence-corrected chi connectivity index (χ0v) is 15.7. The molecule has 0 spiro atoms. The molecular weight excluding hydrogens is 395 g/mol. The average molecular weight is 409 g/mol. The number of nitrogens with two attached hydrogens (primary N) is 1. The average Bonchev–Trinajstić information content (AvgIpc) is 3.24. The largest absolute Gasteiger partial charge is 0.378 e. The summed E-state index contributed by atoms with van der Waals surface area (Å²) in [7, 11) is 0. The van der Waals surface area contributed by atoms with Crippen molar-refractivity contribution in [3.63, 3.8) is 0 Å². The van der Waals surface area contributed by atoms with Gasteiger partial charge in [0.05, 0.1) is 22.0 Å². The summed E-state index contributed by atoms with van der Waals surface area (Å²) < 4.78 is 5.89. The summed E-state index contributed by atoms with van der Waals surface area (Å²) in [6.07, 6.45) is 1.38. The maximum absolute atomic E-state index is 12.5. The molecule has 1 aromatic carbocycles. The number of anilines is 1. The predicted molar refractivity (Wildman–Crippen MR) is 99.2 cm³/mol. The van der Waals surface area contributed by atoms with E-state index in [1.165, 1.54) is 10.9 Å². The molecule has 0 atom stereocenters. The van der Waals surface area contributed by atoms with E-state index in [1.54, 1.807) is 18.2 Å². The van der Waals surface area contributed by atoms with Gasteiger partial charge in [-0.15, -0.1) is 5.10 Å². The van der Waals surface area contributed by atoms with Crippen LogP contribution in [0, 0.1) is 0 Å². The summed E-state index contributed by atoms with van der Waals surface area (Å²) in [5.74, 6) is -0.501. The van der Waals surface area contributed by atoms with Crippen LogP contribution in [0.4, 0.5) is 5.82 Å². The standard InChI is InChI=1S/C15H14Cl2N8O2/c1-7(2)12-11(20-24-25(12)14-13(18)22-27-23-14)15(26)21-19-6-8-4-3-5-9(16)10(8)17/h3-7H,1-2H3,(H2,18,22)(H,21,26)/b19-6-. The number of amides is 1. The van der Waals surface area contributed by atoms with Gasteiger partial charge in [0.2, 0.25) is 11.6 Å². The van der Waals surface area contributed by atoms with Crippen LogP contribution in [0.15, 0.2) is 27.9 Å². The number of hydrogen-bond donors (Lipinski definition) is 2. The summed E-state index contributed by atoms with van der Waals surface area (Å²) in [4.78, 5) is 12.5. The van der Waals surface area contributed by atoms with Gasteiger partial charge < -0.3 is 5.73 Å². The molecule has 0 aliphatic heterocycles. The minimum absolute atomic E-state index is 0.0300. The summed E-state index contributed by atoms with van der Waals surface area (Å²) in [6.45, 7) is 3.73. The van der Waals surface area contributed by atoms with Crippen molar-refractivity contribution in [3.8, 4) is 5.82 Å². The molecule has 3 N–H and O–H groups in total. The number of hydrazone groups is 1. The minimum atomic E-state index is -0.561. The smallest absolute Gasteiger partial charge is 0.293 e. The van der Waals surface area contributed by atoms with Crippen LogP contribution in [-0.4, -0.2) is 37.4 Å². The molecule has 0 fully saturated rings. The molecule has 2 aromatic heterocycles. The molecule has 27 heavy (non-hydrogen) atoms. The Balaban J connectivity index is 1.85. The van der Waals surface area contributed by atoms with Gasteiger partial charge in [0.15, 0.2) is 5.69 Å². The van der Waals surface area contributed by atoms with Crippen molar-refractivity contribution < 1.29 is 9.42 Å². The van der Waals surface area contributed by atoms with Gasteiger partial charge in [-0.1, -0.05) is 54.4 Å². The number of aromatic nitrogens is 5. The number of nitrogens with one attached hydrogen (secondary N) is 1. The fraction of sp³-hybridized carbons (Fsp3) is 0.200. The number of nitrogens with zero attached hydrogens (tertiary/aromatic N) is 6. The van der Waals surface area contributed by atoms with Crippen LogP contribution in [0.1, 0.15) is 41.5 Å². The Labute approximate surface area is 163 Å². The summed E-state index contributed by atoms with van der Waals surface area (Å²) in [6, 6.07) is 5.08. The molecule has 3 rings (SSSR count). The van der Waals surface area contributed by atoms with Gasteiger partial charge >= 0.3 is 0 Å². The van der Waals surface area contributed by atoms with E-state index in [0.29, 0.717) is 21.3 Å². The number of carbonyl (C=O) groups is 1. The van der Waals surface area contributed by atoms with Crippen LogP contribution in [-0.2, 0) is 0 Å². The van der Waals surface area contributed by atoms with Gasteiger partial charge in [0.1, 0.15) is 0 Å². The summed E-state index contributed by atoms with van der Waals surface area (Å²) in [5.41, 5.74) is 9.18. The zero-order chi connectivity index (χ0) is 19.6. The third-order valence-electron chi connectivity index (χ3n) is 3.51. The van der Waals surface area contributed by atoms with E-state index in [-0.39, 0.29) is 23.2 Å². The number of rotatable bonds is 5. The van der Waals surface area contributed by atoms with E-state index < -0.39 is 5.91 Å². The normalized spacial score (nSPS) is 11.4. The monoisotopic (exact) mass is 408 g/mol. The highest BCUT2D eigenvalue weighted by atomic mass is 35.5. The molecule has 10 nitrogen and oxygen atoms in total. The first-order chi connectivity index (χ1) is 12.9. The first-order valence-electron chi connectivity index (χ1n) is 7.71. The van der Waals surface area contributed by atoms with E-state index in [4.69, 9.17) is 28.9 Å². The van der Waals surface area contributed by atoms with Gasteiger partial charge in [0.25, 0.3) is 5.91 Å². The molecule has 0 saturated carbocycles. The number of halogens is 2. The first kappa shape index (κ1) is 18.8. The fourth-order valence-corrected chi connectivity index (χ4v) is 2.65. The second-order valence-corrected chi connectivity index (χ2v) is 6.49. The van der Waals surface area contributed by atoms with Gasteiger partial charge in [-0.25, -0.2) is 10.1 Å². The van der Waals surface area contributed by atoms with Crippen molar-refractivity contribution in [2.75, 3.05) is 5.73 Å². The molecule has 0 bridgehead atoms. The van der Waals surface area contributed by atoms with E-state index >= 15 is 0 Å². The van der Waals surface area contributed by atoms with E-state index in [9.17, 15) is 4.79 Å². The van der Waals surface area contributed by atoms with Crippen molar-refractivity contribution in [1.29, 1.82) is 0 Å². The lowest BCUT2D eigenvalue weighted by Crippen LogP contribution is -2.21. The van der Waals surface area contributed by atoms with Gasteiger partial charge in [0, 0.05) is 5.56 Å². The molecule has 0 saturated heterocycles. The molecule has 12 heteroatoms. The van der Waals surface area contributed by atoms with E-state index in [1.807, 2.05) is 13.8 Å². The zero-order valence-electron chi connectivity index (χ0n) is 14.2. The Hall–Kier alpha value is -2.98. The molecule has 0 unspecified atom stereocenters. The van der Waals surface area contributed by atoms with E-state index in [2.05, 4.69) is 35.8 Å². The molecule has 0 aliphatic carbocycles. The second-order valence-electron chi connectivity index (χ2n) is 5.71. The molecule has 0 radical (unpaired) electrons. The second kappa shape index (κ2) is 7.72. The molecule has 3 aromatic rings. The SMILES string of the molecule is CC(C)c1c(C(=O)N/N=C\c2cccc(Cl)c2Cl)nnn1-c1nonc1N. The number of hydrogen-bond acceptors (Lipinski definition) is 8. The topological polar surface area (TPSA) is 137 Å². The van der Waals surface area contributed by atoms with Crippen LogP contribution in [0.25, 0.3) is 5.82 Å². The van der Waals surface area contributed by atoms with Gasteiger partial charge in [-0.2, -0.15) is 9.78 Å². The third-order valence-corrected chi connectivity index (χ3v) is 4.35. The molecule has 140 valence electrons. The maximum atomic E-state index is 12.5. The summed E-state index contributed by atoms with van der Waals surface area (Å²) in [5, 5.41) is 19.6. The molecule has 2 heterocycles. The Morgan fingerprint density at radius 3 is 2.81 bits per heavy atom. The van der Waals surface area contributed by atoms with Crippen molar-refractivity contribution in [2.24, 2.45) is 5.10 Å². The van der Waals surface area contributed by atoms with Crippen LogP contribution in [0.2, 0.25) is 10.0 Å². The van der Waals surface area contributed by atoms with Gasteiger partial charge in [-0.05, 0) is 22.3 Å². The van der Waals surface area contributed by atoms with Crippen LogP contribution in [0.5, 0.6) is 0 Å². The summed E-state index contributed by atoms with van der Waals surface area (Å²) >= 11 is 12.0. The van der Waals surface area contributed by atoms with Crippen LogP contribution < -0.4 is 11.2 Å². The van der Waals surface area contributed by atoms with Crippen molar-refractivity contribution >= 4 is 41.1 Å². The number of nitrogen functional groups attached to an aromatic ring is 1. The Morgan fingerprint density at radius 2 is 2.15 bits per heavy atom. The van der Waals surface area contributed by atoms with Crippen LogP contribution in [0.3, 0.4) is 0 Å². The van der Waals surface area contributed by atoms with Crippen molar-refractivity contribution in [1.82, 2.24) is 30.7 Å². The minimum Gasteiger partial charge on any atom is -0.378 e. The molecular formula is C15H14Cl2N8O2. The highest BCUT2D eigenvalue weighted by Gasteiger charge is 2.25. The highest BCUT2D eigenvalue weighted by molar-refractivity contribution is 6.43. The Morgan fingerprint density at radius 1 is 1.37 bits per heavy atom. The maximum Gasteiger partial charge on any atom is 0.293 e. The third kappa shape index (κ3) is 3.76.